The van der Waals surface area contributed by atoms with Crippen LogP contribution in [0.15, 0.2) is 54.6 Å². The van der Waals surface area contributed by atoms with Crippen molar-refractivity contribution in [2.24, 2.45) is 5.92 Å². The summed E-state index contributed by atoms with van der Waals surface area (Å²) in [6, 6.07) is 13.4. The summed E-state index contributed by atoms with van der Waals surface area (Å²) in [5, 5.41) is 0. The van der Waals surface area contributed by atoms with E-state index in [2.05, 4.69) is 13.8 Å². The summed E-state index contributed by atoms with van der Waals surface area (Å²) < 4.78 is 55.5. The van der Waals surface area contributed by atoms with Crippen LogP contribution in [0.4, 0.5) is 13.2 Å². The van der Waals surface area contributed by atoms with Gasteiger partial charge in [0.05, 0.1) is 12.2 Å². The van der Waals surface area contributed by atoms with Gasteiger partial charge < -0.3 is 9.47 Å². The number of ether oxygens (including phenoxy) is 2. The molecule has 0 N–H and O–H groups in total. The van der Waals surface area contributed by atoms with Gasteiger partial charge in [-0.2, -0.15) is 0 Å². The predicted molar refractivity (Wildman–Crippen MR) is 148 cm³/mol. The second kappa shape index (κ2) is 13.7. The monoisotopic (exact) mass is 538 g/mol. The lowest BCUT2D eigenvalue weighted by molar-refractivity contribution is 0.0730. The quantitative estimate of drug-likeness (QED) is 0.138. The van der Waals surface area contributed by atoms with Gasteiger partial charge in [0.15, 0.2) is 11.6 Å². The van der Waals surface area contributed by atoms with Crippen LogP contribution in [0.2, 0.25) is 0 Å². The molecular formula is C33H37F3O3. The summed E-state index contributed by atoms with van der Waals surface area (Å²) in [4.78, 5) is 12.6. The van der Waals surface area contributed by atoms with Crippen LogP contribution in [-0.2, 0) is 0 Å². The van der Waals surface area contributed by atoms with Crippen molar-refractivity contribution in [1.82, 2.24) is 0 Å². The Bertz CT molecular complexity index is 1250. The number of unbranched alkanes of at least 4 members (excludes halogenated alkanes) is 4. The van der Waals surface area contributed by atoms with Crippen LogP contribution in [0.1, 0.15) is 93.5 Å². The normalized spacial score (nSPS) is 17.2. The Morgan fingerprint density at radius 2 is 1.51 bits per heavy atom. The van der Waals surface area contributed by atoms with Crippen LogP contribution < -0.4 is 9.47 Å². The highest BCUT2D eigenvalue weighted by atomic mass is 19.2. The van der Waals surface area contributed by atoms with Crippen LogP contribution in [0.5, 0.6) is 11.5 Å². The summed E-state index contributed by atoms with van der Waals surface area (Å²) >= 11 is 0. The van der Waals surface area contributed by atoms with E-state index in [0.717, 1.165) is 44.9 Å². The van der Waals surface area contributed by atoms with E-state index < -0.39 is 23.4 Å². The van der Waals surface area contributed by atoms with Gasteiger partial charge >= 0.3 is 5.97 Å². The number of hydrogen-bond acceptors (Lipinski definition) is 3. The van der Waals surface area contributed by atoms with E-state index in [1.54, 1.807) is 30.3 Å². The first-order chi connectivity index (χ1) is 18.9. The average Bonchev–Trinajstić information content (AvgIpc) is 2.93. The SMILES string of the molecule is CCCCCCCOc1ccc(C(=O)Oc2ccc(-c3ccc(C4CCC(C)CC4)c(F)c3F)cc2)c(F)c1. The van der Waals surface area contributed by atoms with Crippen molar-refractivity contribution in [2.45, 2.75) is 77.6 Å². The molecule has 3 aromatic carbocycles. The molecule has 1 aliphatic carbocycles. The summed E-state index contributed by atoms with van der Waals surface area (Å²) in [5.74, 6) is -2.04. The van der Waals surface area contributed by atoms with E-state index in [-0.39, 0.29) is 22.8 Å². The number of halogens is 3. The van der Waals surface area contributed by atoms with Gasteiger partial charge in [0, 0.05) is 11.6 Å². The lowest BCUT2D eigenvalue weighted by atomic mass is 9.79. The molecule has 1 aliphatic rings. The molecule has 39 heavy (non-hydrogen) atoms. The van der Waals surface area contributed by atoms with Gasteiger partial charge in [0.25, 0.3) is 0 Å². The van der Waals surface area contributed by atoms with E-state index in [0.29, 0.717) is 29.4 Å². The molecule has 4 rings (SSSR count). The average molecular weight is 539 g/mol. The first-order valence-electron chi connectivity index (χ1n) is 14.1. The first-order valence-corrected chi connectivity index (χ1v) is 14.1. The van der Waals surface area contributed by atoms with Crippen LogP contribution in [0.3, 0.4) is 0 Å². The fourth-order valence-electron chi connectivity index (χ4n) is 5.19. The minimum absolute atomic E-state index is 0.0445. The standard InChI is InChI=1S/C33H37F3O3/c1-3-4-5-6-7-20-38-26-16-17-29(30(34)21-26)33(37)39-25-14-12-24(13-15-25)28-19-18-27(31(35)32(28)36)23-10-8-22(2)9-11-23/h12-19,21-23H,3-11,20H2,1-2H3. The van der Waals surface area contributed by atoms with Gasteiger partial charge in [-0.25, -0.2) is 18.0 Å². The van der Waals surface area contributed by atoms with Crippen molar-refractivity contribution in [3.63, 3.8) is 0 Å². The molecule has 0 unspecified atom stereocenters. The summed E-state index contributed by atoms with van der Waals surface area (Å²) in [6.07, 6.45) is 9.24. The van der Waals surface area contributed by atoms with Crippen molar-refractivity contribution in [3.8, 4) is 22.6 Å². The molecule has 6 heteroatoms. The summed E-state index contributed by atoms with van der Waals surface area (Å²) in [6.45, 7) is 4.84. The van der Waals surface area contributed by atoms with Gasteiger partial charge in [-0.1, -0.05) is 76.6 Å². The molecule has 208 valence electrons. The molecule has 0 aromatic heterocycles. The van der Waals surface area contributed by atoms with Crippen molar-refractivity contribution in [3.05, 3.63) is 83.2 Å². The largest absolute Gasteiger partial charge is 0.493 e. The zero-order valence-electron chi connectivity index (χ0n) is 22.8. The topological polar surface area (TPSA) is 35.5 Å². The maximum atomic E-state index is 15.0. The lowest BCUT2D eigenvalue weighted by Gasteiger charge is -2.27. The van der Waals surface area contributed by atoms with Crippen LogP contribution in [0.25, 0.3) is 11.1 Å². The third-order valence-electron chi connectivity index (χ3n) is 7.62. The number of rotatable bonds is 11. The van der Waals surface area contributed by atoms with E-state index in [4.69, 9.17) is 9.47 Å². The van der Waals surface area contributed by atoms with Crippen molar-refractivity contribution in [1.29, 1.82) is 0 Å². The third-order valence-corrected chi connectivity index (χ3v) is 7.62. The Balaban J connectivity index is 1.36. The maximum Gasteiger partial charge on any atom is 0.346 e. The zero-order chi connectivity index (χ0) is 27.8. The second-order valence-electron chi connectivity index (χ2n) is 10.6. The summed E-state index contributed by atoms with van der Waals surface area (Å²) in [5.41, 5.74) is 0.831. The van der Waals surface area contributed by atoms with Crippen molar-refractivity contribution < 1.29 is 27.4 Å². The van der Waals surface area contributed by atoms with Gasteiger partial charge in [-0.15, -0.1) is 0 Å². The molecule has 3 nitrogen and oxygen atoms in total. The van der Waals surface area contributed by atoms with E-state index >= 15 is 4.39 Å². The molecule has 1 saturated carbocycles. The Labute approximate surface area is 229 Å². The van der Waals surface area contributed by atoms with Crippen LogP contribution >= 0.6 is 0 Å². The molecule has 1 fully saturated rings. The molecule has 0 aliphatic heterocycles. The Hall–Kier alpha value is -3.28. The molecular weight excluding hydrogens is 501 g/mol. The zero-order valence-corrected chi connectivity index (χ0v) is 22.8. The highest BCUT2D eigenvalue weighted by molar-refractivity contribution is 5.91. The predicted octanol–water partition coefficient (Wildman–Crippen LogP) is 9.63. The molecule has 0 amide bonds. The molecule has 0 heterocycles. The first kappa shape index (κ1) is 28.7. The number of carbonyl (C=O) groups excluding carboxylic acids is 1. The number of carbonyl (C=O) groups is 1. The lowest BCUT2D eigenvalue weighted by Crippen LogP contribution is -2.13. The number of hydrogen-bond donors (Lipinski definition) is 0. The fourth-order valence-corrected chi connectivity index (χ4v) is 5.19. The van der Waals surface area contributed by atoms with Gasteiger partial charge in [0.2, 0.25) is 0 Å². The van der Waals surface area contributed by atoms with Gasteiger partial charge in [-0.3, -0.25) is 0 Å². The highest BCUT2D eigenvalue weighted by Gasteiger charge is 2.25. The third kappa shape index (κ3) is 7.43. The number of benzene rings is 3. The summed E-state index contributed by atoms with van der Waals surface area (Å²) in [7, 11) is 0. The van der Waals surface area contributed by atoms with E-state index in [9.17, 15) is 13.6 Å². The smallest absolute Gasteiger partial charge is 0.346 e. The Morgan fingerprint density at radius 3 is 2.21 bits per heavy atom. The molecule has 0 atom stereocenters. The molecule has 3 aromatic rings. The van der Waals surface area contributed by atoms with E-state index in [1.807, 2.05) is 0 Å². The molecule has 0 radical (unpaired) electrons. The van der Waals surface area contributed by atoms with Gasteiger partial charge in [0.1, 0.15) is 17.3 Å². The van der Waals surface area contributed by atoms with Crippen LogP contribution in [0, 0.1) is 23.4 Å². The minimum Gasteiger partial charge on any atom is -0.493 e. The van der Waals surface area contributed by atoms with E-state index in [1.165, 1.54) is 37.1 Å². The van der Waals surface area contributed by atoms with Gasteiger partial charge in [-0.05, 0) is 66.5 Å². The van der Waals surface area contributed by atoms with Crippen LogP contribution in [-0.4, -0.2) is 12.6 Å². The fraction of sp³-hybridized carbons (Fsp3) is 0.424. The highest BCUT2D eigenvalue weighted by Crippen LogP contribution is 2.39. The molecule has 0 spiro atoms. The Kier molecular flexibility index (Phi) is 10.1. The maximum absolute atomic E-state index is 15.0. The van der Waals surface area contributed by atoms with Crippen molar-refractivity contribution in [2.75, 3.05) is 6.61 Å². The van der Waals surface area contributed by atoms with Crippen molar-refractivity contribution >= 4 is 5.97 Å². The second-order valence-corrected chi connectivity index (χ2v) is 10.6. The Morgan fingerprint density at radius 1 is 0.821 bits per heavy atom. The minimum atomic E-state index is -0.874. The molecule has 0 saturated heterocycles. The number of esters is 1. The molecule has 0 bridgehead atoms.